The summed E-state index contributed by atoms with van der Waals surface area (Å²) in [7, 11) is 1.99. The van der Waals surface area contributed by atoms with Gasteiger partial charge in [-0.1, -0.05) is 35.9 Å². The summed E-state index contributed by atoms with van der Waals surface area (Å²) in [4.78, 5) is 4.55. The van der Waals surface area contributed by atoms with E-state index >= 15 is 0 Å². The Morgan fingerprint density at radius 3 is 2.44 bits per heavy atom. The van der Waals surface area contributed by atoms with Crippen LogP contribution in [0.3, 0.4) is 0 Å². The fourth-order valence-corrected chi connectivity index (χ4v) is 2.35. The molecule has 1 atom stereocenters. The second-order valence-corrected chi connectivity index (χ2v) is 4.76. The second kappa shape index (κ2) is 5.32. The summed E-state index contributed by atoms with van der Waals surface area (Å²) < 4.78 is 0. The van der Waals surface area contributed by atoms with E-state index in [1.165, 1.54) is 16.7 Å². The van der Waals surface area contributed by atoms with Gasteiger partial charge in [-0.15, -0.1) is 0 Å². The predicted molar refractivity (Wildman–Crippen MR) is 75.8 cm³/mol. The second-order valence-electron chi connectivity index (χ2n) is 4.76. The normalized spacial score (nSPS) is 12.4. The fraction of sp³-hybridized carbons (Fsp3) is 0.312. The SMILES string of the molecule is CNC(c1cccc(C)c1)c1ccc(C)nc1C. The summed E-state index contributed by atoms with van der Waals surface area (Å²) in [5, 5.41) is 3.38. The van der Waals surface area contributed by atoms with E-state index in [1.54, 1.807) is 0 Å². The number of nitrogens with zero attached hydrogens (tertiary/aromatic N) is 1. The van der Waals surface area contributed by atoms with Crippen LogP contribution in [0, 0.1) is 20.8 Å². The van der Waals surface area contributed by atoms with Gasteiger partial charge in [-0.2, -0.15) is 0 Å². The zero-order valence-electron chi connectivity index (χ0n) is 11.5. The lowest BCUT2D eigenvalue weighted by molar-refractivity contribution is 0.681. The van der Waals surface area contributed by atoms with Gasteiger partial charge in [0.05, 0.1) is 6.04 Å². The van der Waals surface area contributed by atoms with Crippen molar-refractivity contribution in [1.82, 2.24) is 10.3 Å². The third kappa shape index (κ3) is 2.59. The van der Waals surface area contributed by atoms with Crippen molar-refractivity contribution < 1.29 is 0 Å². The first-order valence-corrected chi connectivity index (χ1v) is 6.30. The van der Waals surface area contributed by atoms with Gasteiger partial charge in [-0.25, -0.2) is 0 Å². The Hall–Kier alpha value is -1.67. The van der Waals surface area contributed by atoms with Crippen molar-refractivity contribution in [3.8, 4) is 0 Å². The van der Waals surface area contributed by atoms with Crippen molar-refractivity contribution in [2.75, 3.05) is 7.05 Å². The summed E-state index contributed by atoms with van der Waals surface area (Å²) in [5.74, 6) is 0. The molecule has 94 valence electrons. The number of aryl methyl sites for hydroxylation is 3. The van der Waals surface area contributed by atoms with Crippen molar-refractivity contribution in [2.45, 2.75) is 26.8 Å². The molecule has 0 fully saturated rings. The molecule has 0 bridgehead atoms. The number of hydrogen-bond donors (Lipinski definition) is 1. The van der Waals surface area contributed by atoms with Gasteiger partial charge in [-0.3, -0.25) is 4.98 Å². The van der Waals surface area contributed by atoms with Crippen LogP contribution in [0.2, 0.25) is 0 Å². The van der Waals surface area contributed by atoms with Crippen LogP contribution in [0.25, 0.3) is 0 Å². The highest BCUT2D eigenvalue weighted by molar-refractivity contribution is 5.36. The summed E-state index contributed by atoms with van der Waals surface area (Å²) in [6.07, 6.45) is 0. The molecule has 2 nitrogen and oxygen atoms in total. The van der Waals surface area contributed by atoms with Gasteiger partial charge in [0.15, 0.2) is 0 Å². The molecule has 0 saturated carbocycles. The minimum Gasteiger partial charge on any atom is -0.309 e. The van der Waals surface area contributed by atoms with Crippen molar-refractivity contribution in [1.29, 1.82) is 0 Å². The van der Waals surface area contributed by atoms with Gasteiger partial charge in [0.1, 0.15) is 0 Å². The van der Waals surface area contributed by atoms with Crippen LogP contribution in [-0.4, -0.2) is 12.0 Å². The summed E-state index contributed by atoms with van der Waals surface area (Å²) in [6, 6.07) is 13.1. The smallest absolute Gasteiger partial charge is 0.0592 e. The van der Waals surface area contributed by atoms with E-state index in [0.717, 1.165) is 11.4 Å². The van der Waals surface area contributed by atoms with Gasteiger partial charge in [-0.05, 0) is 45.0 Å². The molecule has 1 unspecified atom stereocenters. The van der Waals surface area contributed by atoms with E-state index in [0.29, 0.717) is 0 Å². The lowest BCUT2D eigenvalue weighted by Gasteiger charge is -2.19. The first-order valence-electron chi connectivity index (χ1n) is 6.30. The Kier molecular flexibility index (Phi) is 3.78. The summed E-state index contributed by atoms with van der Waals surface area (Å²) in [5.41, 5.74) is 5.97. The van der Waals surface area contributed by atoms with Crippen molar-refractivity contribution in [3.05, 3.63) is 64.5 Å². The molecule has 1 N–H and O–H groups in total. The van der Waals surface area contributed by atoms with Gasteiger partial charge < -0.3 is 5.32 Å². The molecule has 0 amide bonds. The van der Waals surface area contributed by atoms with Crippen LogP contribution in [0.1, 0.15) is 34.1 Å². The molecule has 0 aliphatic carbocycles. The Morgan fingerprint density at radius 2 is 1.83 bits per heavy atom. The first-order chi connectivity index (χ1) is 8.61. The molecule has 2 heteroatoms. The fourth-order valence-electron chi connectivity index (χ4n) is 2.35. The Morgan fingerprint density at radius 1 is 1.06 bits per heavy atom. The average Bonchev–Trinajstić information content (AvgIpc) is 2.33. The molecule has 1 heterocycles. The van der Waals surface area contributed by atoms with Crippen molar-refractivity contribution >= 4 is 0 Å². The minimum atomic E-state index is 0.206. The van der Waals surface area contributed by atoms with Gasteiger partial charge in [0.25, 0.3) is 0 Å². The highest BCUT2D eigenvalue weighted by Crippen LogP contribution is 2.24. The van der Waals surface area contributed by atoms with E-state index in [4.69, 9.17) is 0 Å². The molecule has 0 saturated heterocycles. The number of nitrogens with one attached hydrogen (secondary N) is 1. The Balaban J connectivity index is 2.45. The molecule has 2 rings (SSSR count). The van der Waals surface area contributed by atoms with Crippen LogP contribution in [-0.2, 0) is 0 Å². The zero-order chi connectivity index (χ0) is 13.1. The minimum absolute atomic E-state index is 0.206. The predicted octanol–water partition coefficient (Wildman–Crippen LogP) is 3.32. The molecular weight excluding hydrogens is 220 g/mol. The Labute approximate surface area is 109 Å². The van der Waals surface area contributed by atoms with Crippen molar-refractivity contribution in [3.63, 3.8) is 0 Å². The molecule has 18 heavy (non-hydrogen) atoms. The maximum absolute atomic E-state index is 4.55. The molecular formula is C16H20N2. The monoisotopic (exact) mass is 240 g/mol. The van der Waals surface area contributed by atoms with Crippen LogP contribution >= 0.6 is 0 Å². The third-order valence-corrected chi connectivity index (χ3v) is 3.24. The zero-order valence-corrected chi connectivity index (χ0v) is 11.5. The number of benzene rings is 1. The topological polar surface area (TPSA) is 24.9 Å². The Bertz CT molecular complexity index is 547. The number of pyridine rings is 1. The number of rotatable bonds is 3. The maximum Gasteiger partial charge on any atom is 0.0592 e. The molecule has 0 radical (unpaired) electrons. The van der Waals surface area contributed by atoms with E-state index in [1.807, 2.05) is 14.0 Å². The molecule has 1 aromatic carbocycles. The highest BCUT2D eigenvalue weighted by Gasteiger charge is 2.14. The standard InChI is InChI=1S/C16H20N2/c1-11-6-5-7-14(10-11)16(17-4)15-9-8-12(2)18-13(15)3/h5-10,16-17H,1-4H3. The molecule has 2 aromatic rings. The third-order valence-electron chi connectivity index (χ3n) is 3.24. The molecule has 0 aliphatic rings. The van der Waals surface area contributed by atoms with E-state index < -0.39 is 0 Å². The maximum atomic E-state index is 4.55. The van der Waals surface area contributed by atoms with Crippen molar-refractivity contribution in [2.24, 2.45) is 0 Å². The lowest BCUT2D eigenvalue weighted by atomic mass is 9.96. The van der Waals surface area contributed by atoms with Crippen LogP contribution in [0.5, 0.6) is 0 Å². The number of aromatic nitrogens is 1. The first kappa shape index (κ1) is 12.8. The van der Waals surface area contributed by atoms with Crippen LogP contribution < -0.4 is 5.32 Å². The summed E-state index contributed by atoms with van der Waals surface area (Å²) in [6.45, 7) is 6.22. The van der Waals surface area contributed by atoms with Crippen LogP contribution in [0.4, 0.5) is 0 Å². The van der Waals surface area contributed by atoms with E-state index in [-0.39, 0.29) is 6.04 Å². The van der Waals surface area contributed by atoms with Gasteiger partial charge in [0.2, 0.25) is 0 Å². The molecule has 1 aromatic heterocycles. The van der Waals surface area contributed by atoms with Gasteiger partial charge in [0, 0.05) is 11.4 Å². The van der Waals surface area contributed by atoms with E-state index in [2.05, 4.69) is 60.5 Å². The lowest BCUT2D eigenvalue weighted by Crippen LogP contribution is -2.19. The average molecular weight is 240 g/mol. The summed E-state index contributed by atoms with van der Waals surface area (Å²) >= 11 is 0. The highest BCUT2D eigenvalue weighted by atomic mass is 14.9. The van der Waals surface area contributed by atoms with Crippen LogP contribution in [0.15, 0.2) is 36.4 Å². The quantitative estimate of drug-likeness (QED) is 0.890. The molecule has 0 spiro atoms. The largest absolute Gasteiger partial charge is 0.309 e. The number of hydrogen-bond acceptors (Lipinski definition) is 2. The van der Waals surface area contributed by atoms with E-state index in [9.17, 15) is 0 Å². The molecule has 0 aliphatic heterocycles. The van der Waals surface area contributed by atoms with Gasteiger partial charge >= 0.3 is 0 Å².